The minimum absolute atomic E-state index is 0.0772. The van der Waals surface area contributed by atoms with Gasteiger partial charge < -0.3 is 4.90 Å². The van der Waals surface area contributed by atoms with Crippen LogP contribution in [0.15, 0.2) is 24.3 Å². The molecule has 1 aliphatic rings. The number of hydrogen-bond donors (Lipinski definition) is 1. The molecule has 1 N–H and O–H groups in total. The number of amides is 1. The maximum absolute atomic E-state index is 11.9. The van der Waals surface area contributed by atoms with E-state index in [-0.39, 0.29) is 12.1 Å². The van der Waals surface area contributed by atoms with E-state index in [4.69, 9.17) is 0 Å². The van der Waals surface area contributed by atoms with Crippen LogP contribution in [0, 0.1) is 0 Å². The van der Waals surface area contributed by atoms with E-state index < -0.39 is 10.8 Å². The lowest BCUT2D eigenvalue weighted by atomic mass is 10.0. The molecule has 4 nitrogen and oxygen atoms in total. The summed E-state index contributed by atoms with van der Waals surface area (Å²) in [7, 11) is -0.879. The summed E-state index contributed by atoms with van der Waals surface area (Å²) in [6.45, 7) is 5.21. The van der Waals surface area contributed by atoms with Crippen LogP contribution in [0.1, 0.15) is 37.1 Å². The first-order chi connectivity index (χ1) is 9.49. The van der Waals surface area contributed by atoms with E-state index in [2.05, 4.69) is 43.4 Å². The van der Waals surface area contributed by atoms with Gasteiger partial charge in [0.15, 0.2) is 0 Å². The lowest BCUT2D eigenvalue weighted by Gasteiger charge is -2.24. The summed E-state index contributed by atoms with van der Waals surface area (Å²) < 4.78 is 11.2. The zero-order valence-electron chi connectivity index (χ0n) is 12.3. The maximum Gasteiger partial charge on any atom is 0.238 e. The molecule has 1 aliphatic heterocycles. The third-order valence-electron chi connectivity index (χ3n) is 3.62. The van der Waals surface area contributed by atoms with Crippen LogP contribution < -0.4 is 5.32 Å². The average Bonchev–Trinajstić information content (AvgIpc) is 2.77. The van der Waals surface area contributed by atoms with Gasteiger partial charge in [-0.15, -0.1) is 0 Å². The van der Waals surface area contributed by atoms with Crippen LogP contribution in [0.4, 0.5) is 0 Å². The second-order valence-electron chi connectivity index (χ2n) is 5.47. The predicted molar refractivity (Wildman–Crippen MR) is 81.9 cm³/mol. The number of nitrogens with one attached hydrogen (secondary N) is 1. The minimum Gasteiger partial charge on any atom is -0.321 e. The monoisotopic (exact) mass is 294 g/mol. The van der Waals surface area contributed by atoms with Crippen LogP contribution in [0.5, 0.6) is 0 Å². The van der Waals surface area contributed by atoms with Gasteiger partial charge in [-0.3, -0.25) is 14.3 Å². The Morgan fingerprint density at radius 3 is 2.55 bits per heavy atom. The second kappa shape index (κ2) is 6.50. The highest BCUT2D eigenvalue weighted by Crippen LogP contribution is 2.24. The fraction of sp³-hybridized carbons (Fsp3) is 0.533. The highest BCUT2D eigenvalue weighted by Gasteiger charge is 2.31. The van der Waals surface area contributed by atoms with E-state index in [0.29, 0.717) is 24.8 Å². The van der Waals surface area contributed by atoms with E-state index >= 15 is 0 Å². The number of carbonyl (C=O) groups is 1. The molecular formula is C15H22N2O2S. The molecule has 0 aliphatic carbocycles. The Bertz CT molecular complexity index is 499. The van der Waals surface area contributed by atoms with Gasteiger partial charge >= 0.3 is 0 Å². The quantitative estimate of drug-likeness (QED) is 0.898. The largest absolute Gasteiger partial charge is 0.321 e. The molecule has 0 spiro atoms. The SMILES string of the molecule is CC(C)c1ccc(C2NCC(=O)N2CCS(C)=O)cc1. The standard InChI is InChI=1S/C15H22N2O2S/c1-11(2)12-4-6-13(7-5-12)15-16-10-14(18)17(15)8-9-20(3)19/h4-7,11,15-16H,8-10H2,1-3H3. The molecule has 1 heterocycles. The van der Waals surface area contributed by atoms with Crippen molar-refractivity contribution in [2.45, 2.75) is 25.9 Å². The van der Waals surface area contributed by atoms with Gasteiger partial charge in [0.25, 0.3) is 0 Å². The summed E-state index contributed by atoms with van der Waals surface area (Å²) >= 11 is 0. The molecule has 0 saturated carbocycles. The fourth-order valence-electron chi connectivity index (χ4n) is 2.38. The Morgan fingerprint density at radius 2 is 2.00 bits per heavy atom. The van der Waals surface area contributed by atoms with Gasteiger partial charge in [-0.2, -0.15) is 0 Å². The first kappa shape index (κ1) is 15.2. The lowest BCUT2D eigenvalue weighted by molar-refractivity contribution is -0.127. The van der Waals surface area contributed by atoms with E-state index in [0.717, 1.165) is 5.56 Å². The summed E-state index contributed by atoms with van der Waals surface area (Å²) in [6.07, 6.45) is 1.58. The van der Waals surface area contributed by atoms with E-state index in [9.17, 15) is 9.00 Å². The van der Waals surface area contributed by atoms with Crippen LogP contribution in [-0.4, -0.2) is 40.1 Å². The smallest absolute Gasteiger partial charge is 0.238 e. The van der Waals surface area contributed by atoms with E-state index in [1.165, 1.54) is 5.56 Å². The van der Waals surface area contributed by atoms with Gasteiger partial charge in [0.2, 0.25) is 5.91 Å². The maximum atomic E-state index is 11.9. The Kier molecular flexibility index (Phi) is 4.94. The van der Waals surface area contributed by atoms with Gasteiger partial charge in [-0.05, 0) is 17.0 Å². The van der Waals surface area contributed by atoms with Crippen molar-refractivity contribution >= 4 is 16.7 Å². The van der Waals surface area contributed by atoms with Crippen LogP contribution in [-0.2, 0) is 15.6 Å². The Hall–Kier alpha value is -1.20. The molecule has 110 valence electrons. The Balaban J connectivity index is 2.13. The molecule has 1 fully saturated rings. The second-order valence-corrected chi connectivity index (χ2v) is 7.02. The first-order valence-electron chi connectivity index (χ1n) is 6.91. The number of hydrogen-bond acceptors (Lipinski definition) is 3. The normalized spacial score (nSPS) is 20.7. The topological polar surface area (TPSA) is 49.4 Å². The fourth-order valence-corrected chi connectivity index (χ4v) is 2.84. The summed E-state index contributed by atoms with van der Waals surface area (Å²) in [5.41, 5.74) is 2.38. The van der Waals surface area contributed by atoms with Crippen LogP contribution in [0.3, 0.4) is 0 Å². The molecule has 1 amide bonds. The van der Waals surface area contributed by atoms with Crippen molar-refractivity contribution in [1.82, 2.24) is 10.2 Å². The number of benzene rings is 1. The van der Waals surface area contributed by atoms with Gasteiger partial charge in [-0.25, -0.2) is 0 Å². The van der Waals surface area contributed by atoms with Crippen molar-refractivity contribution in [3.8, 4) is 0 Å². The zero-order valence-corrected chi connectivity index (χ0v) is 13.1. The summed E-state index contributed by atoms with van der Waals surface area (Å²) in [6, 6.07) is 8.37. The molecule has 0 radical (unpaired) electrons. The molecule has 1 aromatic rings. The van der Waals surface area contributed by atoms with Crippen molar-refractivity contribution in [3.63, 3.8) is 0 Å². The molecule has 1 saturated heterocycles. The van der Waals surface area contributed by atoms with E-state index in [1.807, 2.05) is 0 Å². The summed E-state index contributed by atoms with van der Waals surface area (Å²) in [5.74, 6) is 1.10. The molecule has 2 rings (SSSR count). The van der Waals surface area contributed by atoms with Crippen LogP contribution >= 0.6 is 0 Å². The van der Waals surface area contributed by atoms with Crippen molar-refractivity contribution < 1.29 is 9.00 Å². The van der Waals surface area contributed by atoms with Crippen molar-refractivity contribution in [2.75, 3.05) is 25.1 Å². The molecule has 0 aromatic heterocycles. The lowest BCUT2D eigenvalue weighted by Crippen LogP contribution is -2.33. The van der Waals surface area contributed by atoms with Crippen molar-refractivity contribution in [3.05, 3.63) is 35.4 Å². The Morgan fingerprint density at radius 1 is 1.35 bits per heavy atom. The van der Waals surface area contributed by atoms with E-state index in [1.54, 1.807) is 11.2 Å². The number of rotatable bonds is 5. The predicted octanol–water partition coefficient (Wildman–Crippen LogP) is 1.62. The molecule has 2 atom stereocenters. The third kappa shape index (κ3) is 3.46. The van der Waals surface area contributed by atoms with Gasteiger partial charge in [0.1, 0.15) is 6.17 Å². The highest BCUT2D eigenvalue weighted by atomic mass is 32.2. The van der Waals surface area contributed by atoms with Crippen LogP contribution in [0.2, 0.25) is 0 Å². The van der Waals surface area contributed by atoms with Gasteiger partial charge in [0, 0.05) is 29.4 Å². The van der Waals surface area contributed by atoms with Crippen molar-refractivity contribution in [1.29, 1.82) is 0 Å². The highest BCUT2D eigenvalue weighted by molar-refractivity contribution is 7.84. The minimum atomic E-state index is -0.879. The van der Waals surface area contributed by atoms with Gasteiger partial charge in [0.05, 0.1) is 6.54 Å². The molecule has 20 heavy (non-hydrogen) atoms. The van der Waals surface area contributed by atoms with Crippen molar-refractivity contribution in [2.24, 2.45) is 0 Å². The van der Waals surface area contributed by atoms with Crippen LogP contribution in [0.25, 0.3) is 0 Å². The number of carbonyl (C=O) groups excluding carboxylic acids is 1. The zero-order chi connectivity index (χ0) is 14.7. The van der Waals surface area contributed by atoms with Gasteiger partial charge in [-0.1, -0.05) is 38.1 Å². The molecule has 1 aromatic carbocycles. The third-order valence-corrected chi connectivity index (χ3v) is 4.37. The molecular weight excluding hydrogens is 272 g/mol. The average molecular weight is 294 g/mol. The Labute approximate surface area is 123 Å². The number of nitrogens with zero attached hydrogens (tertiary/aromatic N) is 1. The first-order valence-corrected chi connectivity index (χ1v) is 8.64. The molecule has 0 bridgehead atoms. The molecule has 2 unspecified atom stereocenters. The summed E-state index contributed by atoms with van der Waals surface area (Å²) in [5, 5.41) is 3.22. The summed E-state index contributed by atoms with van der Waals surface area (Å²) in [4.78, 5) is 13.7. The molecule has 5 heteroatoms.